The fourth-order valence-corrected chi connectivity index (χ4v) is 2.91. The number of aryl methyl sites for hydroxylation is 1. The minimum absolute atomic E-state index is 0.0229. The highest BCUT2D eigenvalue weighted by Gasteiger charge is 2.26. The van der Waals surface area contributed by atoms with Crippen LogP contribution in [0.5, 0.6) is 0 Å². The fraction of sp³-hybridized carbons (Fsp3) is 0.625. The molecule has 7 nitrogen and oxygen atoms in total. The molecule has 8 heteroatoms. The maximum Gasteiger partial charge on any atom is 0.248 e. The van der Waals surface area contributed by atoms with E-state index in [1.54, 1.807) is 14.0 Å². The molecule has 0 saturated heterocycles. The molecule has 0 aliphatic rings. The summed E-state index contributed by atoms with van der Waals surface area (Å²) in [7, 11) is -2.06. The number of aliphatic hydroxyl groups is 1. The molecule has 0 radical (unpaired) electrons. The molecular weight excluding hydrogens is 232 g/mol. The van der Waals surface area contributed by atoms with Crippen molar-refractivity contribution in [3.63, 3.8) is 0 Å². The Morgan fingerprint density at radius 3 is 2.62 bits per heavy atom. The summed E-state index contributed by atoms with van der Waals surface area (Å²) < 4.78 is 26.6. The standard InChI is InChI=1S/C8H16N4O3S/c1-3-12(4-5-13)16(14,15)7-6-11(2)10-8(7)9/h6,13H,3-5H2,1-2H3,(H2,9,10). The maximum absolute atomic E-state index is 12.1. The number of aromatic nitrogens is 2. The van der Waals surface area contributed by atoms with Gasteiger partial charge in [-0.3, -0.25) is 4.68 Å². The Balaban J connectivity index is 3.14. The zero-order chi connectivity index (χ0) is 12.3. The minimum atomic E-state index is -3.66. The van der Waals surface area contributed by atoms with E-state index in [-0.39, 0.29) is 30.4 Å². The molecule has 0 amide bonds. The molecular formula is C8H16N4O3S. The third kappa shape index (κ3) is 2.34. The van der Waals surface area contributed by atoms with Crippen LogP contribution in [0.2, 0.25) is 0 Å². The lowest BCUT2D eigenvalue weighted by molar-refractivity contribution is 0.257. The van der Waals surface area contributed by atoms with E-state index in [1.165, 1.54) is 10.9 Å². The number of anilines is 1. The second-order valence-corrected chi connectivity index (χ2v) is 5.18. The molecule has 0 spiro atoms. The van der Waals surface area contributed by atoms with Crippen molar-refractivity contribution < 1.29 is 13.5 Å². The summed E-state index contributed by atoms with van der Waals surface area (Å²) in [4.78, 5) is -0.0229. The Hall–Kier alpha value is -1.12. The van der Waals surface area contributed by atoms with Gasteiger partial charge < -0.3 is 10.8 Å². The van der Waals surface area contributed by atoms with Gasteiger partial charge >= 0.3 is 0 Å². The van der Waals surface area contributed by atoms with Crippen LogP contribution in [0, 0.1) is 0 Å². The third-order valence-electron chi connectivity index (χ3n) is 2.14. The van der Waals surface area contributed by atoms with Crippen LogP contribution in [0.4, 0.5) is 5.82 Å². The number of hydrogen-bond acceptors (Lipinski definition) is 5. The largest absolute Gasteiger partial charge is 0.395 e. The Kier molecular flexibility index (Phi) is 3.89. The molecule has 0 saturated carbocycles. The molecule has 0 aliphatic carbocycles. The first kappa shape index (κ1) is 12.9. The average molecular weight is 248 g/mol. The quantitative estimate of drug-likeness (QED) is 0.696. The summed E-state index contributed by atoms with van der Waals surface area (Å²) >= 11 is 0. The number of nitrogens with two attached hydrogens (primary N) is 1. The third-order valence-corrected chi connectivity index (χ3v) is 4.13. The van der Waals surface area contributed by atoms with Crippen LogP contribution in [0.3, 0.4) is 0 Å². The van der Waals surface area contributed by atoms with Crippen molar-refractivity contribution in [2.24, 2.45) is 7.05 Å². The van der Waals surface area contributed by atoms with E-state index in [4.69, 9.17) is 10.8 Å². The summed E-state index contributed by atoms with van der Waals surface area (Å²) in [5, 5.41) is 12.6. The van der Waals surface area contributed by atoms with Crippen molar-refractivity contribution in [2.75, 3.05) is 25.4 Å². The predicted octanol–water partition coefficient (Wildman–Crippen LogP) is -0.995. The van der Waals surface area contributed by atoms with Crippen molar-refractivity contribution in [1.82, 2.24) is 14.1 Å². The second kappa shape index (κ2) is 4.81. The molecule has 1 aromatic rings. The van der Waals surface area contributed by atoms with Crippen LogP contribution in [0.25, 0.3) is 0 Å². The van der Waals surface area contributed by atoms with Gasteiger partial charge in [0.1, 0.15) is 4.90 Å². The highest BCUT2D eigenvalue weighted by atomic mass is 32.2. The minimum Gasteiger partial charge on any atom is -0.395 e. The van der Waals surface area contributed by atoms with Crippen molar-refractivity contribution >= 4 is 15.8 Å². The zero-order valence-electron chi connectivity index (χ0n) is 9.29. The van der Waals surface area contributed by atoms with Gasteiger partial charge in [-0.25, -0.2) is 8.42 Å². The van der Waals surface area contributed by atoms with Gasteiger partial charge in [-0.15, -0.1) is 0 Å². The van der Waals surface area contributed by atoms with Gasteiger partial charge in [-0.2, -0.15) is 9.40 Å². The van der Waals surface area contributed by atoms with E-state index >= 15 is 0 Å². The summed E-state index contributed by atoms with van der Waals surface area (Å²) in [6.45, 7) is 1.79. The highest BCUT2D eigenvalue weighted by Crippen LogP contribution is 2.20. The molecule has 0 fully saturated rings. The lowest BCUT2D eigenvalue weighted by Gasteiger charge is -2.18. The molecule has 0 aliphatic heterocycles. The number of aliphatic hydroxyl groups excluding tert-OH is 1. The second-order valence-electron chi connectivity index (χ2n) is 3.27. The van der Waals surface area contributed by atoms with Crippen LogP contribution < -0.4 is 5.73 Å². The number of nitrogen functional groups attached to an aromatic ring is 1. The molecule has 0 atom stereocenters. The monoisotopic (exact) mass is 248 g/mol. The molecule has 0 unspecified atom stereocenters. The highest BCUT2D eigenvalue weighted by molar-refractivity contribution is 7.89. The fourth-order valence-electron chi connectivity index (χ4n) is 1.38. The van der Waals surface area contributed by atoms with Crippen LogP contribution in [0.15, 0.2) is 11.1 Å². The number of likely N-dealkylation sites (N-methyl/N-ethyl adjacent to an activating group) is 1. The topological polar surface area (TPSA) is 101 Å². The Labute approximate surface area is 94.5 Å². The van der Waals surface area contributed by atoms with E-state index < -0.39 is 10.0 Å². The van der Waals surface area contributed by atoms with Crippen LogP contribution in [-0.2, 0) is 17.1 Å². The van der Waals surface area contributed by atoms with Gasteiger partial charge in [0.15, 0.2) is 5.82 Å². The lowest BCUT2D eigenvalue weighted by Crippen LogP contribution is -2.33. The van der Waals surface area contributed by atoms with Gasteiger partial charge in [0, 0.05) is 26.3 Å². The predicted molar refractivity (Wildman–Crippen MR) is 59.1 cm³/mol. The zero-order valence-corrected chi connectivity index (χ0v) is 10.1. The summed E-state index contributed by atoms with van der Waals surface area (Å²) in [5.74, 6) is -0.0288. The first-order chi connectivity index (χ1) is 7.43. The molecule has 1 heterocycles. The van der Waals surface area contributed by atoms with Crippen molar-refractivity contribution in [2.45, 2.75) is 11.8 Å². The first-order valence-corrected chi connectivity index (χ1v) is 6.27. The van der Waals surface area contributed by atoms with Crippen LogP contribution in [0.1, 0.15) is 6.92 Å². The first-order valence-electron chi connectivity index (χ1n) is 4.83. The molecule has 16 heavy (non-hydrogen) atoms. The van der Waals surface area contributed by atoms with Crippen molar-refractivity contribution in [1.29, 1.82) is 0 Å². The van der Waals surface area contributed by atoms with Crippen LogP contribution >= 0.6 is 0 Å². The molecule has 0 aromatic carbocycles. The average Bonchev–Trinajstić information content (AvgIpc) is 2.54. The van der Waals surface area contributed by atoms with E-state index in [2.05, 4.69) is 5.10 Å². The van der Waals surface area contributed by atoms with E-state index in [0.717, 1.165) is 4.31 Å². The van der Waals surface area contributed by atoms with Gasteiger partial charge in [-0.1, -0.05) is 6.92 Å². The Bertz CT molecular complexity index is 454. The number of sulfonamides is 1. The summed E-state index contributed by atoms with van der Waals surface area (Å²) in [6, 6.07) is 0. The van der Waals surface area contributed by atoms with E-state index in [0.29, 0.717) is 0 Å². The van der Waals surface area contributed by atoms with Gasteiger partial charge in [0.2, 0.25) is 10.0 Å². The number of nitrogens with zero attached hydrogens (tertiary/aromatic N) is 3. The Morgan fingerprint density at radius 2 is 2.25 bits per heavy atom. The lowest BCUT2D eigenvalue weighted by atomic mass is 10.6. The normalized spacial score (nSPS) is 12.2. The molecule has 0 bridgehead atoms. The smallest absolute Gasteiger partial charge is 0.248 e. The summed E-state index contributed by atoms with van der Waals surface area (Å²) in [5.41, 5.74) is 5.52. The van der Waals surface area contributed by atoms with Gasteiger partial charge in [0.25, 0.3) is 0 Å². The maximum atomic E-state index is 12.1. The molecule has 1 rings (SSSR count). The van der Waals surface area contributed by atoms with Gasteiger partial charge in [0.05, 0.1) is 6.61 Å². The SMILES string of the molecule is CCN(CCO)S(=O)(=O)c1cn(C)nc1N. The molecule has 1 aromatic heterocycles. The molecule has 92 valence electrons. The number of hydrogen-bond donors (Lipinski definition) is 2. The van der Waals surface area contributed by atoms with E-state index in [1.807, 2.05) is 0 Å². The van der Waals surface area contributed by atoms with Crippen molar-refractivity contribution in [3.8, 4) is 0 Å². The Morgan fingerprint density at radius 1 is 1.62 bits per heavy atom. The van der Waals surface area contributed by atoms with E-state index in [9.17, 15) is 8.42 Å². The summed E-state index contributed by atoms with van der Waals surface area (Å²) in [6.07, 6.45) is 1.35. The van der Waals surface area contributed by atoms with Crippen molar-refractivity contribution in [3.05, 3.63) is 6.20 Å². The van der Waals surface area contributed by atoms with Crippen LogP contribution in [-0.4, -0.2) is 47.3 Å². The molecule has 3 N–H and O–H groups in total. The van der Waals surface area contributed by atoms with Gasteiger partial charge in [-0.05, 0) is 0 Å². The number of rotatable bonds is 5.